The van der Waals surface area contributed by atoms with Crippen molar-refractivity contribution in [2.45, 2.75) is 39.0 Å². The molecule has 218 valence electrons. The number of carbonyl (C=O) groups is 2. The molecule has 0 unspecified atom stereocenters. The van der Waals surface area contributed by atoms with E-state index in [1.165, 1.54) is 31.5 Å². The van der Waals surface area contributed by atoms with Crippen LogP contribution >= 0.6 is 0 Å². The molecule has 0 aliphatic heterocycles. The maximum absolute atomic E-state index is 15.0. The van der Waals surface area contributed by atoms with Crippen molar-refractivity contribution < 1.29 is 27.8 Å². The van der Waals surface area contributed by atoms with Crippen molar-refractivity contribution in [1.29, 1.82) is 0 Å². The number of nitrogens with one attached hydrogen (secondary N) is 2. The summed E-state index contributed by atoms with van der Waals surface area (Å²) in [5.74, 6) is -2.99. The lowest BCUT2D eigenvalue weighted by atomic mass is 9.85. The van der Waals surface area contributed by atoms with Gasteiger partial charge in [0.15, 0.2) is 11.6 Å². The molecule has 3 aromatic carbocycles. The summed E-state index contributed by atoms with van der Waals surface area (Å²) < 4.78 is 41.1. The maximum atomic E-state index is 15.0. The van der Waals surface area contributed by atoms with Crippen LogP contribution in [0.25, 0.3) is 0 Å². The molecule has 10 heteroatoms. The van der Waals surface area contributed by atoms with Gasteiger partial charge in [-0.25, -0.2) is 9.18 Å². The number of methoxy groups -OCH3 is 1. The first-order chi connectivity index (χ1) is 19.9. The first kappa shape index (κ1) is 30.0. The molecule has 0 fully saturated rings. The number of primary amides is 1. The van der Waals surface area contributed by atoms with Gasteiger partial charge >= 0.3 is 6.03 Å². The van der Waals surface area contributed by atoms with Crippen LogP contribution in [-0.4, -0.2) is 24.0 Å². The largest absolute Gasteiger partial charge is 0.494 e. The second-order valence-electron chi connectivity index (χ2n) is 10.7. The lowest BCUT2D eigenvalue weighted by Gasteiger charge is -2.23. The van der Waals surface area contributed by atoms with Gasteiger partial charge in [-0.1, -0.05) is 57.2 Å². The van der Waals surface area contributed by atoms with E-state index in [-0.39, 0.29) is 34.8 Å². The summed E-state index contributed by atoms with van der Waals surface area (Å²) in [6, 6.07) is 17.9. The van der Waals surface area contributed by atoms with Gasteiger partial charge in [-0.2, -0.15) is 4.39 Å². The number of pyridine rings is 1. The van der Waals surface area contributed by atoms with Gasteiger partial charge in [0.1, 0.15) is 11.5 Å². The molecule has 0 saturated carbocycles. The maximum Gasteiger partial charge on any atom is 0.323 e. The van der Waals surface area contributed by atoms with Crippen LogP contribution in [0.2, 0.25) is 0 Å². The normalized spacial score (nSPS) is 11.1. The van der Waals surface area contributed by atoms with E-state index in [9.17, 15) is 14.0 Å². The van der Waals surface area contributed by atoms with E-state index < -0.39 is 29.3 Å². The standard InChI is InChI=1S/C32H32F2N4O4/c1-32(2,3)21-15-20(16-27(35)39)30(41-4)25(17-21)38-31(40)37-24-10-11-26(29(34)28(24)33)42-23-12-13-36-22(18-23)14-19-8-6-5-7-9-19/h5-13,15,17-18H,14,16H2,1-4H3,(H2,35,39)(H2,37,38,40). The Kier molecular flexibility index (Phi) is 9.05. The smallest absolute Gasteiger partial charge is 0.323 e. The Balaban J connectivity index is 1.52. The van der Waals surface area contributed by atoms with Crippen LogP contribution in [0.4, 0.5) is 25.0 Å². The number of ether oxygens (including phenoxy) is 2. The summed E-state index contributed by atoms with van der Waals surface area (Å²) in [5.41, 5.74) is 7.92. The predicted octanol–water partition coefficient (Wildman–Crippen LogP) is 6.72. The van der Waals surface area contributed by atoms with E-state index in [0.29, 0.717) is 17.7 Å². The Morgan fingerprint density at radius 2 is 1.64 bits per heavy atom. The summed E-state index contributed by atoms with van der Waals surface area (Å²) >= 11 is 0. The molecule has 4 rings (SSSR count). The number of aromatic nitrogens is 1. The molecule has 0 atom stereocenters. The third-order valence-corrected chi connectivity index (χ3v) is 6.39. The van der Waals surface area contributed by atoms with Crippen molar-refractivity contribution in [2.24, 2.45) is 5.73 Å². The van der Waals surface area contributed by atoms with Crippen LogP contribution in [-0.2, 0) is 23.1 Å². The van der Waals surface area contributed by atoms with Gasteiger partial charge in [0, 0.05) is 29.9 Å². The second kappa shape index (κ2) is 12.7. The molecule has 0 aliphatic rings. The van der Waals surface area contributed by atoms with Crippen LogP contribution < -0.4 is 25.8 Å². The summed E-state index contributed by atoms with van der Waals surface area (Å²) in [6.45, 7) is 5.89. The Bertz CT molecular complexity index is 1600. The fourth-order valence-corrected chi connectivity index (χ4v) is 4.31. The van der Waals surface area contributed by atoms with Crippen LogP contribution in [0.3, 0.4) is 0 Å². The highest BCUT2D eigenvalue weighted by Crippen LogP contribution is 2.36. The first-order valence-corrected chi connectivity index (χ1v) is 13.2. The van der Waals surface area contributed by atoms with Crippen LogP contribution in [0, 0.1) is 11.6 Å². The molecular formula is C32H32F2N4O4. The number of carbonyl (C=O) groups excluding carboxylic acids is 2. The lowest BCUT2D eigenvalue weighted by Crippen LogP contribution is -2.23. The number of amides is 3. The molecule has 1 aromatic heterocycles. The molecular weight excluding hydrogens is 542 g/mol. The highest BCUT2D eigenvalue weighted by Gasteiger charge is 2.23. The Hall–Kier alpha value is -4.99. The molecule has 0 saturated heterocycles. The van der Waals surface area contributed by atoms with Crippen LogP contribution in [0.5, 0.6) is 17.2 Å². The van der Waals surface area contributed by atoms with E-state index in [1.54, 1.807) is 18.2 Å². The zero-order valence-corrected chi connectivity index (χ0v) is 23.8. The minimum Gasteiger partial charge on any atom is -0.494 e. The summed E-state index contributed by atoms with van der Waals surface area (Å²) in [6.07, 6.45) is 1.95. The Morgan fingerprint density at radius 3 is 2.31 bits per heavy atom. The monoisotopic (exact) mass is 574 g/mol. The van der Waals surface area contributed by atoms with Crippen molar-refractivity contribution in [2.75, 3.05) is 17.7 Å². The van der Waals surface area contributed by atoms with Crippen molar-refractivity contribution in [3.63, 3.8) is 0 Å². The zero-order valence-electron chi connectivity index (χ0n) is 23.8. The van der Waals surface area contributed by atoms with Gasteiger partial charge < -0.3 is 25.8 Å². The fourth-order valence-electron chi connectivity index (χ4n) is 4.31. The number of anilines is 2. The number of halogens is 2. The highest BCUT2D eigenvalue weighted by molar-refractivity contribution is 6.01. The average molecular weight is 575 g/mol. The number of nitrogens with two attached hydrogens (primary N) is 1. The molecule has 3 amide bonds. The van der Waals surface area contributed by atoms with Gasteiger partial charge in [0.25, 0.3) is 0 Å². The molecule has 0 radical (unpaired) electrons. The predicted molar refractivity (Wildman–Crippen MR) is 157 cm³/mol. The number of hydrogen-bond acceptors (Lipinski definition) is 5. The second-order valence-corrected chi connectivity index (χ2v) is 10.7. The highest BCUT2D eigenvalue weighted by atomic mass is 19.2. The van der Waals surface area contributed by atoms with Gasteiger partial charge in [-0.05, 0) is 40.8 Å². The van der Waals surface area contributed by atoms with E-state index in [4.69, 9.17) is 15.2 Å². The molecule has 42 heavy (non-hydrogen) atoms. The number of rotatable bonds is 9. The quantitative estimate of drug-likeness (QED) is 0.205. The molecule has 0 aliphatic carbocycles. The first-order valence-electron chi connectivity index (χ1n) is 13.2. The third-order valence-electron chi connectivity index (χ3n) is 6.39. The minimum absolute atomic E-state index is 0.115. The molecule has 0 bridgehead atoms. The lowest BCUT2D eigenvalue weighted by molar-refractivity contribution is -0.117. The SMILES string of the molecule is COc1c(CC(N)=O)cc(C(C)(C)C)cc1NC(=O)Nc1ccc(Oc2ccnc(Cc3ccccc3)c2)c(F)c1F. The van der Waals surface area contributed by atoms with Gasteiger partial charge in [0.05, 0.1) is 24.9 Å². The van der Waals surface area contributed by atoms with E-state index in [0.717, 1.165) is 11.1 Å². The van der Waals surface area contributed by atoms with Crippen molar-refractivity contribution >= 4 is 23.3 Å². The van der Waals surface area contributed by atoms with Crippen molar-refractivity contribution in [1.82, 2.24) is 4.98 Å². The van der Waals surface area contributed by atoms with Crippen molar-refractivity contribution in [3.8, 4) is 17.2 Å². The summed E-state index contributed by atoms with van der Waals surface area (Å²) in [7, 11) is 1.39. The average Bonchev–Trinajstić information content (AvgIpc) is 2.93. The van der Waals surface area contributed by atoms with Gasteiger partial charge in [-0.3, -0.25) is 9.78 Å². The molecule has 0 spiro atoms. The number of urea groups is 1. The number of benzene rings is 3. The summed E-state index contributed by atoms with van der Waals surface area (Å²) in [4.78, 5) is 28.8. The Morgan fingerprint density at radius 1 is 0.929 bits per heavy atom. The van der Waals surface area contributed by atoms with Crippen LogP contribution in [0.1, 0.15) is 43.2 Å². The molecule has 1 heterocycles. The van der Waals surface area contributed by atoms with E-state index >= 15 is 4.39 Å². The zero-order chi connectivity index (χ0) is 30.4. The van der Waals surface area contributed by atoms with Crippen molar-refractivity contribution in [3.05, 3.63) is 107 Å². The minimum atomic E-state index is -1.30. The molecule has 4 N–H and O–H groups in total. The van der Waals surface area contributed by atoms with Crippen LogP contribution in [0.15, 0.2) is 72.9 Å². The molecule has 4 aromatic rings. The fraction of sp³-hybridized carbons (Fsp3) is 0.219. The Labute approximate surface area is 242 Å². The van der Waals surface area contributed by atoms with Gasteiger partial charge in [-0.15, -0.1) is 0 Å². The summed E-state index contributed by atoms with van der Waals surface area (Å²) in [5, 5.41) is 4.93. The number of nitrogens with zero attached hydrogens (tertiary/aromatic N) is 1. The topological polar surface area (TPSA) is 116 Å². The van der Waals surface area contributed by atoms with E-state index in [2.05, 4.69) is 15.6 Å². The van der Waals surface area contributed by atoms with E-state index in [1.807, 2.05) is 51.1 Å². The molecule has 8 nitrogen and oxygen atoms in total. The number of hydrogen-bond donors (Lipinski definition) is 3. The van der Waals surface area contributed by atoms with Gasteiger partial charge in [0.2, 0.25) is 11.7 Å². The third kappa shape index (κ3) is 7.39.